The summed E-state index contributed by atoms with van der Waals surface area (Å²) in [6.07, 6.45) is 4.42. The van der Waals surface area contributed by atoms with Crippen LogP contribution in [0.2, 0.25) is 0 Å². The quantitative estimate of drug-likeness (QED) is 0.908. The SMILES string of the molecule is CCCCN1c2nc(C#N)c(C#N)nc2C2CCCC21O. The Hall–Kier alpha value is -2.18. The van der Waals surface area contributed by atoms with E-state index in [4.69, 9.17) is 10.5 Å². The lowest BCUT2D eigenvalue weighted by molar-refractivity contribution is 0.0350. The van der Waals surface area contributed by atoms with Crippen molar-refractivity contribution >= 4 is 5.82 Å². The van der Waals surface area contributed by atoms with Crippen LogP contribution in [0, 0.1) is 22.7 Å². The summed E-state index contributed by atoms with van der Waals surface area (Å²) in [6, 6.07) is 3.86. The Morgan fingerprint density at radius 3 is 2.71 bits per heavy atom. The zero-order chi connectivity index (χ0) is 15.0. The normalized spacial score (nSPS) is 26.1. The highest BCUT2D eigenvalue weighted by atomic mass is 16.3. The third-order valence-electron chi connectivity index (χ3n) is 4.50. The lowest BCUT2D eigenvalue weighted by Gasteiger charge is -2.34. The van der Waals surface area contributed by atoms with Gasteiger partial charge in [-0.3, -0.25) is 0 Å². The molecule has 2 heterocycles. The Morgan fingerprint density at radius 1 is 1.33 bits per heavy atom. The first kappa shape index (κ1) is 13.8. The molecule has 0 bridgehead atoms. The molecule has 0 saturated heterocycles. The number of hydrogen-bond donors (Lipinski definition) is 1. The summed E-state index contributed by atoms with van der Waals surface area (Å²) in [6.45, 7) is 2.79. The van der Waals surface area contributed by atoms with E-state index in [-0.39, 0.29) is 17.3 Å². The summed E-state index contributed by atoms with van der Waals surface area (Å²) in [5, 5.41) is 29.3. The number of anilines is 1. The number of nitriles is 2. The van der Waals surface area contributed by atoms with Crippen molar-refractivity contribution in [2.45, 2.75) is 50.7 Å². The molecule has 1 aliphatic heterocycles. The van der Waals surface area contributed by atoms with Gasteiger partial charge in [-0.2, -0.15) is 10.5 Å². The van der Waals surface area contributed by atoms with Gasteiger partial charge in [0.1, 0.15) is 17.9 Å². The Morgan fingerprint density at radius 2 is 2.05 bits per heavy atom. The number of aromatic nitrogens is 2. The molecule has 1 aromatic heterocycles. The third kappa shape index (κ3) is 1.87. The van der Waals surface area contributed by atoms with Gasteiger partial charge in [0.05, 0.1) is 11.6 Å². The fraction of sp³-hybridized carbons (Fsp3) is 0.600. The lowest BCUT2D eigenvalue weighted by Crippen LogP contribution is -2.47. The van der Waals surface area contributed by atoms with E-state index in [1.165, 1.54) is 0 Å². The van der Waals surface area contributed by atoms with E-state index in [2.05, 4.69) is 16.9 Å². The summed E-state index contributed by atoms with van der Waals surface area (Å²) >= 11 is 0. The summed E-state index contributed by atoms with van der Waals surface area (Å²) < 4.78 is 0. The Labute approximate surface area is 123 Å². The molecule has 0 radical (unpaired) electrons. The van der Waals surface area contributed by atoms with Crippen LogP contribution >= 0.6 is 0 Å². The molecule has 2 aliphatic rings. The van der Waals surface area contributed by atoms with Gasteiger partial charge in [0, 0.05) is 6.54 Å². The monoisotopic (exact) mass is 283 g/mol. The highest BCUT2D eigenvalue weighted by molar-refractivity contribution is 5.59. The van der Waals surface area contributed by atoms with E-state index in [0.717, 1.165) is 25.7 Å². The zero-order valence-corrected chi connectivity index (χ0v) is 12.0. The van der Waals surface area contributed by atoms with Gasteiger partial charge >= 0.3 is 0 Å². The lowest BCUT2D eigenvalue weighted by atomic mass is 9.99. The number of rotatable bonds is 3. The molecule has 6 nitrogen and oxygen atoms in total. The van der Waals surface area contributed by atoms with Crippen molar-refractivity contribution in [1.82, 2.24) is 9.97 Å². The van der Waals surface area contributed by atoms with E-state index in [0.29, 0.717) is 24.5 Å². The van der Waals surface area contributed by atoms with Gasteiger partial charge in [-0.1, -0.05) is 13.3 Å². The molecule has 2 unspecified atom stereocenters. The molecule has 3 rings (SSSR count). The molecular formula is C15H17N5O. The molecule has 108 valence electrons. The minimum Gasteiger partial charge on any atom is -0.370 e. The van der Waals surface area contributed by atoms with Crippen LogP contribution in [0.1, 0.15) is 62.0 Å². The fourth-order valence-electron chi connectivity index (χ4n) is 3.48. The maximum Gasteiger partial charge on any atom is 0.179 e. The molecule has 0 amide bonds. The molecule has 1 N–H and O–H groups in total. The number of nitrogens with zero attached hydrogens (tertiary/aromatic N) is 5. The average molecular weight is 283 g/mol. The summed E-state index contributed by atoms with van der Waals surface area (Å²) in [5.41, 5.74) is -0.163. The standard InChI is InChI=1S/C15H17N5O/c1-2-3-7-20-14-13(10-5-4-6-15(10,20)21)18-11(8-16)12(9-17)19-14/h10,21H,2-7H2,1H3. The van der Waals surface area contributed by atoms with E-state index in [1.807, 2.05) is 17.0 Å². The highest BCUT2D eigenvalue weighted by Crippen LogP contribution is 2.53. The van der Waals surface area contributed by atoms with Crippen LogP contribution in [0.15, 0.2) is 0 Å². The van der Waals surface area contributed by atoms with Crippen LogP contribution in [0.3, 0.4) is 0 Å². The van der Waals surface area contributed by atoms with Crippen LogP contribution in [0.5, 0.6) is 0 Å². The third-order valence-corrected chi connectivity index (χ3v) is 4.50. The smallest absolute Gasteiger partial charge is 0.179 e. The van der Waals surface area contributed by atoms with Gasteiger partial charge < -0.3 is 10.0 Å². The zero-order valence-electron chi connectivity index (χ0n) is 12.0. The first-order valence-electron chi connectivity index (χ1n) is 7.37. The molecule has 6 heteroatoms. The molecule has 2 atom stereocenters. The Kier molecular flexibility index (Phi) is 3.27. The number of aliphatic hydroxyl groups is 1. The molecule has 0 spiro atoms. The second-order valence-corrected chi connectivity index (χ2v) is 5.68. The van der Waals surface area contributed by atoms with Crippen LogP contribution in [0.4, 0.5) is 5.82 Å². The van der Waals surface area contributed by atoms with E-state index >= 15 is 0 Å². The Bertz CT molecular complexity index is 659. The first-order chi connectivity index (χ1) is 10.2. The van der Waals surface area contributed by atoms with Crippen molar-refractivity contribution in [1.29, 1.82) is 10.5 Å². The maximum atomic E-state index is 11.0. The van der Waals surface area contributed by atoms with Crippen molar-refractivity contribution < 1.29 is 5.11 Å². The van der Waals surface area contributed by atoms with Crippen molar-refractivity contribution in [3.63, 3.8) is 0 Å². The minimum atomic E-state index is -0.946. The Balaban J connectivity index is 2.13. The van der Waals surface area contributed by atoms with Crippen molar-refractivity contribution in [3.8, 4) is 12.1 Å². The van der Waals surface area contributed by atoms with Crippen LogP contribution in [-0.4, -0.2) is 27.3 Å². The topological polar surface area (TPSA) is 96.8 Å². The average Bonchev–Trinajstić information content (AvgIpc) is 2.97. The second-order valence-electron chi connectivity index (χ2n) is 5.68. The van der Waals surface area contributed by atoms with Crippen LogP contribution in [0.25, 0.3) is 0 Å². The van der Waals surface area contributed by atoms with Gasteiger partial charge in [-0.25, -0.2) is 9.97 Å². The maximum absolute atomic E-state index is 11.0. The van der Waals surface area contributed by atoms with E-state index in [1.54, 1.807) is 0 Å². The molecule has 1 saturated carbocycles. The first-order valence-corrected chi connectivity index (χ1v) is 7.37. The van der Waals surface area contributed by atoms with Gasteiger partial charge in [-0.05, 0) is 25.7 Å². The number of hydrogen-bond acceptors (Lipinski definition) is 6. The molecule has 1 aliphatic carbocycles. The predicted octanol–water partition coefficient (Wildman–Crippen LogP) is 1.80. The summed E-state index contributed by atoms with van der Waals surface area (Å²) in [5.74, 6) is 0.489. The predicted molar refractivity (Wildman–Crippen MR) is 75.3 cm³/mol. The van der Waals surface area contributed by atoms with Gasteiger partial charge in [-0.15, -0.1) is 0 Å². The number of fused-ring (bicyclic) bond motifs is 3. The minimum absolute atomic E-state index is 0.0429. The molecule has 1 aromatic rings. The van der Waals surface area contributed by atoms with Gasteiger partial charge in [0.2, 0.25) is 0 Å². The van der Waals surface area contributed by atoms with Crippen molar-refractivity contribution in [2.24, 2.45) is 0 Å². The van der Waals surface area contributed by atoms with Crippen LogP contribution in [-0.2, 0) is 0 Å². The molecule has 1 fully saturated rings. The largest absolute Gasteiger partial charge is 0.370 e. The summed E-state index contributed by atoms with van der Waals surface area (Å²) in [4.78, 5) is 10.6. The molecular weight excluding hydrogens is 266 g/mol. The van der Waals surface area contributed by atoms with E-state index < -0.39 is 5.72 Å². The summed E-state index contributed by atoms with van der Waals surface area (Å²) in [7, 11) is 0. The van der Waals surface area contributed by atoms with Crippen LogP contribution < -0.4 is 4.90 Å². The highest BCUT2D eigenvalue weighted by Gasteiger charge is 2.55. The number of unbranched alkanes of at least 4 members (excludes halogenated alkanes) is 1. The van der Waals surface area contributed by atoms with Crippen molar-refractivity contribution in [3.05, 3.63) is 17.1 Å². The van der Waals surface area contributed by atoms with Gasteiger partial charge in [0.15, 0.2) is 17.2 Å². The van der Waals surface area contributed by atoms with Crippen molar-refractivity contribution in [2.75, 3.05) is 11.4 Å². The fourth-order valence-corrected chi connectivity index (χ4v) is 3.48. The van der Waals surface area contributed by atoms with Gasteiger partial charge in [0.25, 0.3) is 0 Å². The second kappa shape index (κ2) is 4.98. The van der Waals surface area contributed by atoms with E-state index in [9.17, 15) is 5.11 Å². The molecule has 21 heavy (non-hydrogen) atoms. The molecule has 0 aromatic carbocycles.